The van der Waals surface area contributed by atoms with Crippen molar-refractivity contribution in [3.63, 3.8) is 0 Å². The molecule has 28 heavy (non-hydrogen) atoms. The van der Waals surface area contributed by atoms with Gasteiger partial charge in [0, 0.05) is 12.6 Å². The summed E-state index contributed by atoms with van der Waals surface area (Å²) in [6.07, 6.45) is 0. The summed E-state index contributed by atoms with van der Waals surface area (Å²) < 4.78 is 5.25. The first kappa shape index (κ1) is 17.1. The minimum Gasteiger partial charge on any atom is -0.464 e. The second-order valence-corrected chi connectivity index (χ2v) is 7.38. The van der Waals surface area contributed by atoms with Crippen LogP contribution in [0.3, 0.4) is 0 Å². The molecule has 0 unspecified atom stereocenters. The van der Waals surface area contributed by atoms with E-state index in [1.165, 1.54) is 0 Å². The van der Waals surface area contributed by atoms with Gasteiger partial charge in [0.25, 0.3) is 0 Å². The van der Waals surface area contributed by atoms with Crippen LogP contribution in [0.2, 0.25) is 0 Å². The van der Waals surface area contributed by atoms with Gasteiger partial charge in [0.05, 0.1) is 12.5 Å². The lowest BCUT2D eigenvalue weighted by Gasteiger charge is -2.39. The molecular weight excluding hydrogens is 354 g/mol. The third kappa shape index (κ3) is 2.41. The highest BCUT2D eigenvalue weighted by Gasteiger charge is 2.59. The molecule has 1 N–H and O–H groups in total. The summed E-state index contributed by atoms with van der Waals surface area (Å²) in [6, 6.07) is 17.0. The van der Waals surface area contributed by atoms with Crippen molar-refractivity contribution in [1.29, 1.82) is 0 Å². The summed E-state index contributed by atoms with van der Waals surface area (Å²) in [6.45, 7) is 2.71. The van der Waals surface area contributed by atoms with Gasteiger partial charge >= 0.3 is 5.97 Å². The Hall–Kier alpha value is -2.99. The summed E-state index contributed by atoms with van der Waals surface area (Å²) in [5.74, 6) is -0.738. The molecule has 5 rings (SSSR count). The van der Waals surface area contributed by atoms with Crippen molar-refractivity contribution < 1.29 is 14.3 Å². The van der Waals surface area contributed by atoms with Crippen molar-refractivity contribution in [1.82, 2.24) is 10.3 Å². The molecule has 6 heteroatoms. The van der Waals surface area contributed by atoms with Crippen LogP contribution in [0.5, 0.6) is 0 Å². The highest BCUT2D eigenvalue weighted by atomic mass is 16.5. The van der Waals surface area contributed by atoms with Crippen LogP contribution < -0.4 is 5.43 Å². The molecule has 2 aromatic carbocycles. The molecule has 0 aromatic heterocycles. The molecule has 2 bridgehead atoms. The van der Waals surface area contributed by atoms with Crippen molar-refractivity contribution in [3.05, 3.63) is 71.3 Å². The number of esters is 1. The van der Waals surface area contributed by atoms with Gasteiger partial charge in [0.1, 0.15) is 11.8 Å². The summed E-state index contributed by atoms with van der Waals surface area (Å²) in [5.41, 5.74) is 6.61. The van der Waals surface area contributed by atoms with E-state index in [4.69, 9.17) is 4.74 Å². The van der Waals surface area contributed by atoms with Crippen LogP contribution in [0.15, 0.2) is 59.7 Å². The molecule has 3 heterocycles. The lowest BCUT2D eigenvalue weighted by molar-refractivity contribution is -0.147. The topological polar surface area (TPSA) is 71.0 Å². The molecule has 2 aromatic rings. The van der Waals surface area contributed by atoms with E-state index >= 15 is 0 Å². The Balaban J connectivity index is 1.60. The average Bonchev–Trinajstić information content (AvgIpc) is 3.25. The average molecular weight is 375 g/mol. The molecule has 142 valence electrons. The Morgan fingerprint density at radius 2 is 1.82 bits per heavy atom. The van der Waals surface area contributed by atoms with Crippen LogP contribution in [-0.4, -0.2) is 35.0 Å². The van der Waals surface area contributed by atoms with Crippen molar-refractivity contribution in [3.8, 4) is 0 Å². The SMILES string of the molecule is CCOC(=O)[C@H]1NN=C2C(=O)[C@@H]3c4ccccc4[C@H]([C@H]21)N3Cc1ccccc1. The zero-order chi connectivity index (χ0) is 19.3. The van der Waals surface area contributed by atoms with Crippen molar-refractivity contribution >= 4 is 17.5 Å². The fourth-order valence-corrected chi connectivity index (χ4v) is 4.80. The molecular formula is C22H21N3O3. The lowest BCUT2D eigenvalue weighted by atomic mass is 9.81. The molecule has 6 nitrogen and oxygen atoms in total. The molecule has 4 atom stereocenters. The largest absolute Gasteiger partial charge is 0.464 e. The van der Waals surface area contributed by atoms with Crippen molar-refractivity contribution in [2.24, 2.45) is 11.0 Å². The number of ketones is 1. The maximum atomic E-state index is 13.4. The Morgan fingerprint density at radius 1 is 1.11 bits per heavy atom. The van der Waals surface area contributed by atoms with E-state index in [1.54, 1.807) is 6.92 Å². The van der Waals surface area contributed by atoms with Gasteiger partial charge in [-0.1, -0.05) is 54.6 Å². The number of carbonyl (C=O) groups excluding carboxylic acids is 2. The highest BCUT2D eigenvalue weighted by molar-refractivity contribution is 6.44. The number of Topliss-reactive ketones (excluding diaryl/α,β-unsaturated/α-hetero) is 1. The lowest BCUT2D eigenvalue weighted by Crippen LogP contribution is -2.51. The molecule has 1 saturated heterocycles. The van der Waals surface area contributed by atoms with E-state index in [1.807, 2.05) is 36.4 Å². The van der Waals surface area contributed by atoms with Gasteiger partial charge in [-0.2, -0.15) is 5.10 Å². The zero-order valence-electron chi connectivity index (χ0n) is 15.5. The van der Waals surface area contributed by atoms with Gasteiger partial charge in [0.15, 0.2) is 6.04 Å². The number of benzene rings is 2. The smallest absolute Gasteiger partial charge is 0.330 e. The van der Waals surface area contributed by atoms with E-state index in [2.05, 4.69) is 33.6 Å². The first-order valence-electron chi connectivity index (χ1n) is 9.63. The molecule has 0 spiro atoms. The number of piperidine rings is 1. The number of hydrazone groups is 1. The number of ether oxygens (including phenoxy) is 1. The summed E-state index contributed by atoms with van der Waals surface area (Å²) in [5, 5.41) is 4.28. The number of rotatable bonds is 4. The number of carbonyl (C=O) groups is 2. The van der Waals surface area contributed by atoms with E-state index in [0.29, 0.717) is 18.9 Å². The number of hydrogen-bond donors (Lipinski definition) is 1. The van der Waals surface area contributed by atoms with E-state index in [9.17, 15) is 9.59 Å². The minimum absolute atomic E-state index is 0.0265. The number of fused-ring (bicyclic) bond motifs is 7. The monoisotopic (exact) mass is 375 g/mol. The molecule has 0 amide bonds. The van der Waals surface area contributed by atoms with E-state index < -0.39 is 6.04 Å². The first-order chi connectivity index (χ1) is 13.7. The molecule has 3 aliphatic heterocycles. The first-order valence-corrected chi connectivity index (χ1v) is 9.63. The molecule has 0 radical (unpaired) electrons. The maximum Gasteiger partial charge on any atom is 0.330 e. The van der Waals surface area contributed by atoms with Crippen LogP contribution >= 0.6 is 0 Å². The van der Waals surface area contributed by atoms with Gasteiger partial charge < -0.3 is 4.74 Å². The minimum atomic E-state index is -0.644. The van der Waals surface area contributed by atoms with Crippen molar-refractivity contribution in [2.45, 2.75) is 31.6 Å². The normalized spacial score (nSPS) is 27.6. The van der Waals surface area contributed by atoms with Crippen LogP contribution in [0, 0.1) is 5.92 Å². The number of nitrogens with zero attached hydrogens (tertiary/aromatic N) is 2. The third-order valence-corrected chi connectivity index (χ3v) is 5.89. The Bertz CT molecular complexity index is 972. The molecule has 0 aliphatic carbocycles. The predicted octanol–water partition coefficient (Wildman–Crippen LogP) is 2.37. The fourth-order valence-electron chi connectivity index (χ4n) is 4.80. The van der Waals surface area contributed by atoms with Crippen LogP contribution in [0.25, 0.3) is 0 Å². The van der Waals surface area contributed by atoms with Crippen molar-refractivity contribution in [2.75, 3.05) is 6.61 Å². The van der Waals surface area contributed by atoms with Crippen LogP contribution in [0.1, 0.15) is 35.7 Å². The second kappa shape index (κ2) is 6.56. The van der Waals surface area contributed by atoms with Gasteiger partial charge in [-0.25, -0.2) is 4.79 Å². The highest BCUT2D eigenvalue weighted by Crippen LogP contribution is 2.53. The number of hydrogen-bond acceptors (Lipinski definition) is 6. The van der Waals surface area contributed by atoms with E-state index in [-0.39, 0.29) is 29.8 Å². The number of nitrogens with one attached hydrogen (secondary N) is 1. The molecule has 1 fully saturated rings. The Labute approximate surface area is 163 Å². The summed E-state index contributed by atoms with van der Waals surface area (Å²) in [4.78, 5) is 28.2. The Morgan fingerprint density at radius 3 is 2.57 bits per heavy atom. The standard InChI is InChI=1S/C22H21N3O3/c1-2-28-22(27)18-16-17(23-24-18)21(26)20-15-11-7-6-10-14(15)19(16)25(20)12-13-8-4-3-5-9-13/h3-11,16,18-20,24H,2,12H2,1H3/t16-,18+,19-,20+/m1/s1. The van der Waals surface area contributed by atoms with Gasteiger partial charge in [0.2, 0.25) is 5.78 Å². The van der Waals surface area contributed by atoms with Crippen LogP contribution in [-0.2, 0) is 20.9 Å². The molecule has 3 aliphatic rings. The molecule has 0 saturated carbocycles. The predicted molar refractivity (Wildman–Crippen MR) is 103 cm³/mol. The summed E-state index contributed by atoms with van der Waals surface area (Å²) >= 11 is 0. The fraction of sp³-hybridized carbons (Fsp3) is 0.318. The second-order valence-electron chi connectivity index (χ2n) is 7.38. The third-order valence-electron chi connectivity index (χ3n) is 5.89. The van der Waals surface area contributed by atoms with Crippen LogP contribution in [0.4, 0.5) is 0 Å². The van der Waals surface area contributed by atoms with E-state index in [0.717, 1.165) is 16.7 Å². The zero-order valence-corrected chi connectivity index (χ0v) is 15.5. The maximum absolute atomic E-state index is 13.4. The van der Waals surface area contributed by atoms with Gasteiger partial charge in [-0.3, -0.25) is 15.1 Å². The van der Waals surface area contributed by atoms with Gasteiger partial charge in [-0.15, -0.1) is 0 Å². The Kier molecular flexibility index (Phi) is 4.02. The summed E-state index contributed by atoms with van der Waals surface area (Å²) in [7, 11) is 0. The quantitative estimate of drug-likeness (QED) is 0.831. The van der Waals surface area contributed by atoms with Gasteiger partial charge in [-0.05, 0) is 23.6 Å².